The number of carbonyl (C=O) groups excluding carboxylic acids is 1. The number of likely N-dealkylation sites (tertiary alicyclic amines) is 1. The molecular formula is C26H31N3O4. The fourth-order valence-corrected chi connectivity index (χ4v) is 5.11. The average Bonchev–Trinajstić information content (AvgIpc) is 3.28. The first-order chi connectivity index (χ1) is 16.0. The predicted octanol–water partition coefficient (Wildman–Crippen LogP) is 4.80. The zero-order valence-electron chi connectivity index (χ0n) is 19.8. The van der Waals surface area contributed by atoms with Gasteiger partial charge in [0.1, 0.15) is 0 Å². The summed E-state index contributed by atoms with van der Waals surface area (Å²) < 4.78 is 17.6. The summed E-state index contributed by atoms with van der Waals surface area (Å²) >= 11 is 0. The highest BCUT2D eigenvalue weighted by atomic mass is 16.6. The number of fused-ring (bicyclic) bond motifs is 4. The number of benzene rings is 2. The van der Waals surface area contributed by atoms with Crippen molar-refractivity contribution in [1.82, 2.24) is 9.91 Å². The molecule has 7 heteroatoms. The van der Waals surface area contributed by atoms with Crippen LogP contribution in [-0.2, 0) is 4.74 Å². The van der Waals surface area contributed by atoms with Crippen molar-refractivity contribution in [2.24, 2.45) is 5.10 Å². The fraction of sp³-hybridized carbons (Fsp3) is 0.462. The summed E-state index contributed by atoms with van der Waals surface area (Å²) in [4.78, 5) is 14.1. The highest BCUT2D eigenvalue weighted by molar-refractivity contribution is 6.02. The van der Waals surface area contributed by atoms with Crippen molar-refractivity contribution < 1.29 is 19.0 Å². The van der Waals surface area contributed by atoms with Crippen molar-refractivity contribution in [2.75, 3.05) is 26.8 Å². The Hall–Kier alpha value is -3.22. The molecule has 2 aromatic carbocycles. The van der Waals surface area contributed by atoms with Gasteiger partial charge < -0.3 is 19.1 Å². The smallest absolute Gasteiger partial charge is 0.409 e. The normalized spacial score (nSPS) is 20.6. The Morgan fingerprint density at radius 1 is 1.18 bits per heavy atom. The minimum atomic E-state index is -0.628. The van der Waals surface area contributed by atoms with E-state index in [-0.39, 0.29) is 12.1 Å². The molecule has 1 amide bonds. The molecule has 7 nitrogen and oxygen atoms in total. The van der Waals surface area contributed by atoms with Gasteiger partial charge in [0.25, 0.3) is 0 Å². The zero-order valence-corrected chi connectivity index (χ0v) is 19.8. The lowest BCUT2D eigenvalue weighted by atomic mass is 9.90. The topological polar surface area (TPSA) is 63.6 Å². The maximum absolute atomic E-state index is 12.3. The van der Waals surface area contributed by atoms with Gasteiger partial charge in [-0.15, -0.1) is 0 Å². The number of methoxy groups -OCH3 is 1. The van der Waals surface area contributed by atoms with E-state index in [1.54, 1.807) is 12.0 Å². The quantitative estimate of drug-likeness (QED) is 0.673. The van der Waals surface area contributed by atoms with Gasteiger partial charge in [0, 0.05) is 37.9 Å². The maximum Gasteiger partial charge on any atom is 0.409 e. The second-order valence-corrected chi connectivity index (χ2v) is 9.02. The Balaban J connectivity index is 1.52. The average molecular weight is 450 g/mol. The number of para-hydroxylation sites is 1. The van der Waals surface area contributed by atoms with Gasteiger partial charge in [0.15, 0.2) is 11.5 Å². The van der Waals surface area contributed by atoms with Gasteiger partial charge in [0.05, 0.1) is 25.5 Å². The molecule has 0 bridgehead atoms. The first-order valence-electron chi connectivity index (χ1n) is 11.7. The van der Waals surface area contributed by atoms with E-state index < -0.39 is 5.72 Å². The minimum absolute atomic E-state index is 0.0644. The predicted molar refractivity (Wildman–Crippen MR) is 126 cm³/mol. The number of rotatable bonds is 3. The van der Waals surface area contributed by atoms with Crippen molar-refractivity contribution in [3.8, 4) is 11.5 Å². The van der Waals surface area contributed by atoms with Crippen molar-refractivity contribution in [3.05, 3.63) is 58.7 Å². The SMILES string of the molecule is CCOC(=O)N1CCC2(CC1)Oc1c(OC)cccc1C1CC(c3ccc(C)c(C)c3)=NN12. The Bertz CT molecular complexity index is 1100. The van der Waals surface area contributed by atoms with Crippen LogP contribution in [0.5, 0.6) is 11.5 Å². The van der Waals surface area contributed by atoms with E-state index in [1.165, 1.54) is 11.1 Å². The zero-order chi connectivity index (χ0) is 23.2. The third-order valence-electron chi connectivity index (χ3n) is 7.12. The van der Waals surface area contributed by atoms with Crippen LogP contribution in [0.15, 0.2) is 41.5 Å². The van der Waals surface area contributed by atoms with Crippen LogP contribution >= 0.6 is 0 Å². The first kappa shape index (κ1) is 21.6. The summed E-state index contributed by atoms with van der Waals surface area (Å²) in [5.41, 5.74) is 5.21. The largest absolute Gasteiger partial charge is 0.493 e. The van der Waals surface area contributed by atoms with Crippen molar-refractivity contribution >= 4 is 11.8 Å². The van der Waals surface area contributed by atoms with Gasteiger partial charge in [-0.3, -0.25) is 0 Å². The van der Waals surface area contributed by atoms with Crippen molar-refractivity contribution in [2.45, 2.75) is 51.8 Å². The molecule has 1 spiro atoms. The van der Waals surface area contributed by atoms with E-state index in [2.05, 4.69) is 43.1 Å². The molecule has 3 aliphatic heterocycles. The van der Waals surface area contributed by atoms with Gasteiger partial charge in [-0.1, -0.05) is 24.3 Å². The molecule has 3 heterocycles. The number of nitrogens with zero attached hydrogens (tertiary/aromatic N) is 3. The number of amides is 1. The van der Waals surface area contributed by atoms with Gasteiger partial charge in [-0.2, -0.15) is 5.10 Å². The number of piperidine rings is 1. The molecule has 0 radical (unpaired) electrons. The molecule has 0 N–H and O–H groups in total. The number of aryl methyl sites for hydroxylation is 2. The Morgan fingerprint density at radius 2 is 1.97 bits per heavy atom. The number of hydrogen-bond donors (Lipinski definition) is 0. The molecule has 1 atom stereocenters. The number of ether oxygens (including phenoxy) is 3. The van der Waals surface area contributed by atoms with Crippen molar-refractivity contribution in [1.29, 1.82) is 0 Å². The van der Waals surface area contributed by atoms with Crippen LogP contribution in [0.2, 0.25) is 0 Å². The summed E-state index contributed by atoms with van der Waals surface area (Å²) in [5, 5.41) is 7.29. The number of hydrazone groups is 1. The minimum Gasteiger partial charge on any atom is -0.493 e. The van der Waals surface area contributed by atoms with Crippen LogP contribution in [0, 0.1) is 13.8 Å². The molecule has 0 aromatic heterocycles. The van der Waals surface area contributed by atoms with Gasteiger partial charge >= 0.3 is 6.09 Å². The summed E-state index contributed by atoms with van der Waals surface area (Å²) in [5.74, 6) is 1.53. The van der Waals surface area contributed by atoms with Gasteiger partial charge in [-0.25, -0.2) is 9.80 Å². The highest BCUT2D eigenvalue weighted by Crippen LogP contribution is 2.52. The summed E-state index contributed by atoms with van der Waals surface area (Å²) in [6.45, 7) is 7.58. The lowest BCUT2D eigenvalue weighted by Crippen LogP contribution is -2.59. The van der Waals surface area contributed by atoms with Crippen LogP contribution in [0.1, 0.15) is 54.5 Å². The summed E-state index contributed by atoms with van der Waals surface area (Å²) in [6, 6.07) is 12.7. The standard InChI is InChI=1S/C26H31N3O4/c1-5-32-25(30)28-13-11-26(12-14-28)29-22(20-7-6-8-23(31-4)24(20)33-26)16-21(27-29)19-10-9-17(2)18(3)15-19/h6-10,15,22H,5,11-14,16H2,1-4H3. The van der Waals surface area contributed by atoms with E-state index in [0.717, 1.165) is 34.8 Å². The lowest BCUT2D eigenvalue weighted by molar-refractivity contribution is -0.148. The second kappa shape index (κ2) is 8.28. The first-order valence-corrected chi connectivity index (χ1v) is 11.7. The van der Waals surface area contributed by atoms with E-state index in [9.17, 15) is 4.79 Å². The molecule has 0 aliphatic carbocycles. The molecular weight excluding hydrogens is 418 g/mol. The lowest BCUT2D eigenvalue weighted by Gasteiger charge is -2.51. The molecule has 0 saturated carbocycles. The third kappa shape index (κ3) is 3.59. The van der Waals surface area contributed by atoms with Crippen LogP contribution in [0.25, 0.3) is 0 Å². The van der Waals surface area contributed by atoms with E-state index >= 15 is 0 Å². The van der Waals surface area contributed by atoms with E-state index in [0.29, 0.717) is 32.5 Å². The van der Waals surface area contributed by atoms with Crippen LogP contribution in [-0.4, -0.2) is 54.2 Å². The summed E-state index contributed by atoms with van der Waals surface area (Å²) in [6.07, 6.45) is 1.82. The van der Waals surface area contributed by atoms with Crippen LogP contribution < -0.4 is 9.47 Å². The van der Waals surface area contributed by atoms with Gasteiger partial charge in [-0.05, 0) is 49.6 Å². The Labute approximate surface area is 194 Å². The maximum atomic E-state index is 12.3. The van der Waals surface area contributed by atoms with E-state index in [4.69, 9.17) is 19.3 Å². The second-order valence-electron chi connectivity index (χ2n) is 9.02. The molecule has 1 fully saturated rings. The summed E-state index contributed by atoms with van der Waals surface area (Å²) in [7, 11) is 1.67. The fourth-order valence-electron chi connectivity index (χ4n) is 5.11. The monoisotopic (exact) mass is 449 g/mol. The third-order valence-corrected chi connectivity index (χ3v) is 7.12. The molecule has 33 heavy (non-hydrogen) atoms. The Kier molecular flexibility index (Phi) is 5.43. The van der Waals surface area contributed by atoms with Crippen molar-refractivity contribution in [3.63, 3.8) is 0 Å². The molecule has 5 rings (SSSR count). The molecule has 2 aromatic rings. The highest BCUT2D eigenvalue weighted by Gasteiger charge is 2.53. The molecule has 174 valence electrons. The molecule has 3 aliphatic rings. The van der Waals surface area contributed by atoms with Crippen LogP contribution in [0.4, 0.5) is 4.79 Å². The number of hydrogen-bond acceptors (Lipinski definition) is 6. The van der Waals surface area contributed by atoms with Gasteiger partial charge in [0.2, 0.25) is 5.72 Å². The number of carbonyl (C=O) groups is 1. The molecule has 1 saturated heterocycles. The Morgan fingerprint density at radius 3 is 2.67 bits per heavy atom. The van der Waals surface area contributed by atoms with E-state index in [1.807, 2.05) is 19.1 Å². The van der Waals surface area contributed by atoms with Crippen LogP contribution in [0.3, 0.4) is 0 Å². The molecule has 1 unspecified atom stereocenters.